The van der Waals surface area contributed by atoms with Crippen molar-refractivity contribution in [2.45, 2.75) is 71.6 Å². The Morgan fingerprint density at radius 1 is 0.800 bits per heavy atom. The van der Waals surface area contributed by atoms with Crippen LogP contribution in [0.25, 0.3) is 0 Å². The molecule has 0 aromatic heterocycles. The Kier molecular flexibility index (Phi) is 3.47. The second-order valence-electron chi connectivity index (χ2n) is 8.39. The van der Waals surface area contributed by atoms with Gasteiger partial charge in [0.2, 0.25) is 0 Å². The lowest BCUT2D eigenvalue weighted by molar-refractivity contribution is -0.0148. The van der Waals surface area contributed by atoms with E-state index in [0.29, 0.717) is 0 Å². The normalized spacial score (nSPS) is 53.3. The Morgan fingerprint density at radius 2 is 1.55 bits per heavy atom. The molecule has 7 unspecified atom stereocenters. The quantitative estimate of drug-likeness (QED) is 0.487. The smallest absolute Gasteiger partial charge is 0.0169 e. The zero-order chi connectivity index (χ0) is 13.7. The minimum atomic E-state index is 0.887. The number of hydrogen-bond acceptors (Lipinski definition) is 0. The monoisotopic (exact) mass is 272 g/mol. The SMILES string of the molecule is C/C=C1\C(C)CC2C1CCC1C3CCCCC3CCC21. The summed E-state index contributed by atoms with van der Waals surface area (Å²) in [6, 6.07) is 0. The van der Waals surface area contributed by atoms with E-state index in [1.807, 2.05) is 5.57 Å². The summed E-state index contributed by atoms with van der Waals surface area (Å²) in [5, 5.41) is 0. The van der Waals surface area contributed by atoms with Crippen molar-refractivity contribution in [2.75, 3.05) is 0 Å². The highest BCUT2D eigenvalue weighted by atomic mass is 14.6. The van der Waals surface area contributed by atoms with Gasteiger partial charge in [-0.3, -0.25) is 0 Å². The standard InChI is InChI=1S/C20H32/c1-3-15-13(2)12-20-17(15)10-11-18-16-7-5-4-6-14(16)8-9-19(18)20/h3,13-14,16-20H,4-12H2,1-2H3/b15-3+. The van der Waals surface area contributed by atoms with E-state index in [4.69, 9.17) is 0 Å². The van der Waals surface area contributed by atoms with Gasteiger partial charge in [0.1, 0.15) is 0 Å². The topological polar surface area (TPSA) is 0 Å². The van der Waals surface area contributed by atoms with Crippen LogP contribution in [0.1, 0.15) is 71.6 Å². The summed E-state index contributed by atoms with van der Waals surface area (Å²) in [6.45, 7) is 4.78. The second-order valence-corrected chi connectivity index (χ2v) is 8.39. The molecule has 7 atom stereocenters. The molecule has 20 heavy (non-hydrogen) atoms. The lowest BCUT2D eigenvalue weighted by Gasteiger charge is -2.51. The van der Waals surface area contributed by atoms with Crippen molar-refractivity contribution in [3.05, 3.63) is 11.6 Å². The molecular formula is C20H32. The van der Waals surface area contributed by atoms with E-state index in [0.717, 1.165) is 41.4 Å². The highest BCUT2D eigenvalue weighted by molar-refractivity contribution is 5.19. The molecule has 0 nitrogen and oxygen atoms in total. The molecule has 0 aromatic carbocycles. The van der Waals surface area contributed by atoms with Gasteiger partial charge in [-0.15, -0.1) is 0 Å². The molecule has 0 heteroatoms. The van der Waals surface area contributed by atoms with Gasteiger partial charge in [0.15, 0.2) is 0 Å². The van der Waals surface area contributed by atoms with Crippen molar-refractivity contribution in [1.29, 1.82) is 0 Å². The molecule has 0 N–H and O–H groups in total. The molecule has 0 aliphatic heterocycles. The largest absolute Gasteiger partial charge is 0.0879 e. The van der Waals surface area contributed by atoms with Gasteiger partial charge in [0, 0.05) is 0 Å². The van der Waals surface area contributed by atoms with Crippen LogP contribution in [0.15, 0.2) is 11.6 Å². The molecule has 0 heterocycles. The first-order valence-electron chi connectivity index (χ1n) is 9.45. The summed E-state index contributed by atoms with van der Waals surface area (Å²) in [6.07, 6.45) is 16.5. The van der Waals surface area contributed by atoms with Crippen LogP contribution >= 0.6 is 0 Å². The van der Waals surface area contributed by atoms with Gasteiger partial charge >= 0.3 is 0 Å². The molecule has 0 bridgehead atoms. The van der Waals surface area contributed by atoms with E-state index in [-0.39, 0.29) is 0 Å². The number of allylic oxidation sites excluding steroid dienone is 2. The third-order valence-corrected chi connectivity index (χ3v) is 7.77. The van der Waals surface area contributed by atoms with Gasteiger partial charge in [0.05, 0.1) is 0 Å². The predicted molar refractivity (Wildman–Crippen MR) is 85.4 cm³/mol. The first kappa shape index (κ1) is 13.4. The molecule has 4 aliphatic rings. The average molecular weight is 272 g/mol. The lowest BCUT2D eigenvalue weighted by atomic mass is 9.54. The van der Waals surface area contributed by atoms with E-state index in [1.54, 1.807) is 32.1 Å². The molecule has 4 fully saturated rings. The van der Waals surface area contributed by atoms with E-state index in [1.165, 1.54) is 25.7 Å². The number of hydrogen-bond donors (Lipinski definition) is 0. The van der Waals surface area contributed by atoms with Crippen LogP contribution in [0.2, 0.25) is 0 Å². The molecule has 0 radical (unpaired) electrons. The van der Waals surface area contributed by atoms with E-state index < -0.39 is 0 Å². The molecule has 0 amide bonds. The minimum Gasteiger partial charge on any atom is -0.0879 e. The van der Waals surface area contributed by atoms with E-state index in [2.05, 4.69) is 19.9 Å². The average Bonchev–Trinajstić information content (AvgIpc) is 2.82. The van der Waals surface area contributed by atoms with Gasteiger partial charge in [0.25, 0.3) is 0 Å². The van der Waals surface area contributed by atoms with Crippen molar-refractivity contribution in [3.63, 3.8) is 0 Å². The fraction of sp³-hybridized carbons (Fsp3) is 0.900. The molecule has 0 spiro atoms. The molecule has 4 saturated carbocycles. The van der Waals surface area contributed by atoms with Crippen LogP contribution < -0.4 is 0 Å². The number of rotatable bonds is 0. The third kappa shape index (κ3) is 1.93. The molecule has 0 saturated heterocycles. The Bertz CT molecular complexity index is 393. The van der Waals surface area contributed by atoms with Crippen molar-refractivity contribution < 1.29 is 0 Å². The summed E-state index contributed by atoms with van der Waals surface area (Å²) in [5.74, 6) is 7.42. The summed E-state index contributed by atoms with van der Waals surface area (Å²) in [4.78, 5) is 0. The molecular weight excluding hydrogens is 240 g/mol. The third-order valence-electron chi connectivity index (χ3n) is 7.77. The maximum atomic E-state index is 2.49. The van der Waals surface area contributed by atoms with Crippen molar-refractivity contribution in [1.82, 2.24) is 0 Å². The van der Waals surface area contributed by atoms with Gasteiger partial charge in [-0.05, 0) is 86.9 Å². The molecule has 0 aromatic rings. The molecule has 4 rings (SSSR count). The zero-order valence-electron chi connectivity index (χ0n) is 13.5. The second kappa shape index (κ2) is 5.18. The fourth-order valence-electron chi connectivity index (χ4n) is 7.10. The van der Waals surface area contributed by atoms with Crippen LogP contribution in [0.5, 0.6) is 0 Å². The van der Waals surface area contributed by atoms with Gasteiger partial charge in [-0.25, -0.2) is 0 Å². The Labute approximate surface area is 125 Å². The van der Waals surface area contributed by atoms with Crippen molar-refractivity contribution in [2.24, 2.45) is 41.4 Å². The van der Waals surface area contributed by atoms with Gasteiger partial charge < -0.3 is 0 Å². The summed E-state index contributed by atoms with van der Waals surface area (Å²) in [5.41, 5.74) is 1.83. The summed E-state index contributed by atoms with van der Waals surface area (Å²) >= 11 is 0. The zero-order valence-corrected chi connectivity index (χ0v) is 13.5. The van der Waals surface area contributed by atoms with Crippen LogP contribution in [0.3, 0.4) is 0 Å². The molecule has 112 valence electrons. The van der Waals surface area contributed by atoms with Crippen LogP contribution in [0, 0.1) is 41.4 Å². The van der Waals surface area contributed by atoms with E-state index in [9.17, 15) is 0 Å². The van der Waals surface area contributed by atoms with Crippen LogP contribution in [0.4, 0.5) is 0 Å². The highest BCUT2D eigenvalue weighted by Crippen LogP contribution is 2.59. The first-order valence-corrected chi connectivity index (χ1v) is 9.45. The van der Waals surface area contributed by atoms with Crippen LogP contribution in [-0.4, -0.2) is 0 Å². The fourth-order valence-corrected chi connectivity index (χ4v) is 7.10. The van der Waals surface area contributed by atoms with Crippen molar-refractivity contribution >= 4 is 0 Å². The summed E-state index contributed by atoms with van der Waals surface area (Å²) < 4.78 is 0. The highest BCUT2D eigenvalue weighted by Gasteiger charge is 2.50. The van der Waals surface area contributed by atoms with Gasteiger partial charge in [-0.2, -0.15) is 0 Å². The Morgan fingerprint density at radius 3 is 2.40 bits per heavy atom. The Balaban J connectivity index is 1.57. The predicted octanol–water partition coefficient (Wildman–Crippen LogP) is 5.83. The molecule has 4 aliphatic carbocycles. The maximum Gasteiger partial charge on any atom is -0.0169 e. The van der Waals surface area contributed by atoms with Crippen molar-refractivity contribution in [3.8, 4) is 0 Å². The summed E-state index contributed by atoms with van der Waals surface area (Å²) in [7, 11) is 0. The van der Waals surface area contributed by atoms with E-state index >= 15 is 0 Å². The lowest BCUT2D eigenvalue weighted by Crippen LogP contribution is -2.43. The minimum absolute atomic E-state index is 0.887. The van der Waals surface area contributed by atoms with Gasteiger partial charge in [-0.1, -0.05) is 37.8 Å². The number of fused-ring (bicyclic) bond motifs is 5. The van der Waals surface area contributed by atoms with Crippen LogP contribution in [-0.2, 0) is 0 Å². The Hall–Kier alpha value is -0.260. The maximum absolute atomic E-state index is 2.49. The first-order chi connectivity index (χ1) is 9.79.